The van der Waals surface area contributed by atoms with Gasteiger partial charge >= 0.3 is 12.0 Å². The van der Waals surface area contributed by atoms with Crippen molar-refractivity contribution in [2.24, 2.45) is 0 Å². The number of nitrogens with zero attached hydrogens (tertiary/aromatic N) is 1. The number of amides is 3. The normalized spacial score (nSPS) is 21.9. The minimum atomic E-state index is -1.09. The Morgan fingerprint density at radius 3 is 2.19 bits per heavy atom. The van der Waals surface area contributed by atoms with Crippen LogP contribution in [0, 0.1) is 0 Å². The fourth-order valence-corrected chi connectivity index (χ4v) is 3.17. The zero-order valence-electron chi connectivity index (χ0n) is 12.4. The van der Waals surface area contributed by atoms with Gasteiger partial charge in [0, 0.05) is 26.1 Å². The first kappa shape index (κ1) is 15.6. The van der Waals surface area contributed by atoms with Gasteiger partial charge in [-0.2, -0.15) is 0 Å². The molecule has 1 saturated heterocycles. The van der Waals surface area contributed by atoms with E-state index < -0.39 is 11.5 Å². The number of carbonyl (C=O) groups excluding carboxylic acids is 2. The summed E-state index contributed by atoms with van der Waals surface area (Å²) in [7, 11) is 0. The molecule has 0 aromatic carbocycles. The number of rotatable bonds is 3. The van der Waals surface area contributed by atoms with E-state index in [1.54, 1.807) is 4.90 Å². The van der Waals surface area contributed by atoms with Crippen LogP contribution < -0.4 is 10.6 Å². The van der Waals surface area contributed by atoms with Crippen LogP contribution in [0.1, 0.15) is 45.4 Å². The molecule has 2 aliphatic rings. The van der Waals surface area contributed by atoms with Gasteiger partial charge in [-0.1, -0.05) is 12.8 Å². The third kappa shape index (κ3) is 3.65. The molecular weight excluding hydrogens is 274 g/mol. The number of piperidine rings is 1. The fraction of sp³-hybridized carbons (Fsp3) is 0.786. The van der Waals surface area contributed by atoms with Gasteiger partial charge in [-0.25, -0.2) is 9.59 Å². The molecule has 2 fully saturated rings. The fourth-order valence-electron chi connectivity index (χ4n) is 3.17. The summed E-state index contributed by atoms with van der Waals surface area (Å²) in [6.07, 6.45) is 4.06. The molecule has 0 unspecified atom stereocenters. The molecule has 3 amide bonds. The first-order valence-corrected chi connectivity index (χ1v) is 7.50. The van der Waals surface area contributed by atoms with Gasteiger partial charge in [0.15, 0.2) is 0 Å². The van der Waals surface area contributed by atoms with Crippen LogP contribution in [0.4, 0.5) is 4.79 Å². The third-order valence-corrected chi connectivity index (χ3v) is 4.40. The minimum absolute atomic E-state index is 0.0614. The molecule has 3 N–H and O–H groups in total. The Kier molecular flexibility index (Phi) is 4.69. The lowest BCUT2D eigenvalue weighted by molar-refractivity contribution is -0.144. The molecule has 7 heteroatoms. The van der Waals surface area contributed by atoms with Gasteiger partial charge in [0.2, 0.25) is 5.91 Å². The van der Waals surface area contributed by atoms with Gasteiger partial charge in [0.1, 0.15) is 5.54 Å². The molecule has 1 aliphatic heterocycles. The van der Waals surface area contributed by atoms with Crippen molar-refractivity contribution in [3.63, 3.8) is 0 Å². The lowest BCUT2D eigenvalue weighted by Gasteiger charge is -2.35. The van der Waals surface area contributed by atoms with Crippen molar-refractivity contribution >= 4 is 17.9 Å². The Morgan fingerprint density at radius 1 is 1.14 bits per heavy atom. The van der Waals surface area contributed by atoms with Gasteiger partial charge in [0.05, 0.1) is 0 Å². The highest BCUT2D eigenvalue weighted by Crippen LogP contribution is 2.30. The Labute approximate surface area is 124 Å². The summed E-state index contributed by atoms with van der Waals surface area (Å²) in [5.74, 6) is -1.00. The van der Waals surface area contributed by atoms with E-state index >= 15 is 0 Å². The Balaban J connectivity index is 1.87. The van der Waals surface area contributed by atoms with Crippen molar-refractivity contribution in [1.29, 1.82) is 0 Å². The number of likely N-dealkylation sites (tertiary alicyclic amines) is 1. The van der Waals surface area contributed by atoms with Crippen molar-refractivity contribution in [1.82, 2.24) is 15.5 Å². The van der Waals surface area contributed by atoms with Crippen LogP contribution in [0.5, 0.6) is 0 Å². The highest BCUT2D eigenvalue weighted by Gasteiger charge is 2.43. The summed E-state index contributed by atoms with van der Waals surface area (Å²) in [5, 5.41) is 14.9. The van der Waals surface area contributed by atoms with E-state index in [2.05, 4.69) is 10.6 Å². The van der Waals surface area contributed by atoms with E-state index in [0.29, 0.717) is 38.8 Å². The molecule has 7 nitrogen and oxygen atoms in total. The third-order valence-electron chi connectivity index (χ3n) is 4.40. The summed E-state index contributed by atoms with van der Waals surface area (Å²) in [6, 6.07) is -0.202. The Bertz CT molecular complexity index is 424. The van der Waals surface area contributed by atoms with Crippen LogP contribution in [0.25, 0.3) is 0 Å². The summed E-state index contributed by atoms with van der Waals surface area (Å²) < 4.78 is 0. The standard InChI is InChI=1S/C14H23N3O4/c1-10(18)15-11-4-8-17(9-5-11)13(21)16-14(12(19)20)6-2-3-7-14/h11H,2-9H2,1H3,(H,15,18)(H,16,21)(H,19,20). The predicted molar refractivity (Wildman–Crippen MR) is 75.8 cm³/mol. The largest absolute Gasteiger partial charge is 0.480 e. The Hall–Kier alpha value is -1.79. The second kappa shape index (κ2) is 6.32. The number of aliphatic carboxylic acids is 1. The average molecular weight is 297 g/mol. The SMILES string of the molecule is CC(=O)NC1CCN(C(=O)NC2(C(=O)O)CCCC2)CC1. The Morgan fingerprint density at radius 2 is 1.71 bits per heavy atom. The first-order valence-electron chi connectivity index (χ1n) is 7.50. The van der Waals surface area contributed by atoms with Crippen LogP contribution in [-0.4, -0.2) is 52.6 Å². The molecule has 2 rings (SSSR count). The van der Waals surface area contributed by atoms with E-state index in [0.717, 1.165) is 12.8 Å². The van der Waals surface area contributed by atoms with Gasteiger partial charge in [0.25, 0.3) is 0 Å². The highest BCUT2D eigenvalue weighted by atomic mass is 16.4. The van der Waals surface area contributed by atoms with Gasteiger partial charge in [-0.15, -0.1) is 0 Å². The maximum absolute atomic E-state index is 12.3. The number of hydrogen-bond acceptors (Lipinski definition) is 3. The van der Waals surface area contributed by atoms with E-state index in [-0.39, 0.29) is 18.0 Å². The maximum atomic E-state index is 12.3. The van der Waals surface area contributed by atoms with Gasteiger partial charge in [-0.3, -0.25) is 4.79 Å². The zero-order chi connectivity index (χ0) is 15.5. The second-order valence-corrected chi connectivity index (χ2v) is 5.99. The first-order chi connectivity index (χ1) is 9.93. The maximum Gasteiger partial charge on any atom is 0.329 e. The quantitative estimate of drug-likeness (QED) is 0.714. The lowest BCUT2D eigenvalue weighted by atomic mass is 9.98. The summed E-state index contributed by atoms with van der Waals surface area (Å²) >= 11 is 0. The average Bonchev–Trinajstić information content (AvgIpc) is 2.88. The molecule has 0 aromatic heterocycles. The van der Waals surface area contributed by atoms with E-state index in [1.807, 2.05) is 0 Å². The molecule has 0 bridgehead atoms. The van der Waals surface area contributed by atoms with Crippen molar-refractivity contribution in [3.8, 4) is 0 Å². The van der Waals surface area contributed by atoms with Gasteiger partial charge in [-0.05, 0) is 25.7 Å². The number of nitrogens with one attached hydrogen (secondary N) is 2. The molecule has 0 atom stereocenters. The summed E-state index contributed by atoms with van der Waals surface area (Å²) in [5.41, 5.74) is -1.09. The topological polar surface area (TPSA) is 98.7 Å². The smallest absolute Gasteiger partial charge is 0.329 e. The molecule has 0 radical (unpaired) electrons. The zero-order valence-corrected chi connectivity index (χ0v) is 12.4. The number of carbonyl (C=O) groups is 3. The number of urea groups is 1. The molecule has 118 valence electrons. The lowest BCUT2D eigenvalue weighted by Crippen LogP contribution is -2.58. The predicted octanol–water partition coefficient (Wildman–Crippen LogP) is 0.694. The van der Waals surface area contributed by atoms with Crippen molar-refractivity contribution < 1.29 is 19.5 Å². The molecular formula is C14H23N3O4. The number of hydrogen-bond donors (Lipinski definition) is 3. The minimum Gasteiger partial charge on any atom is -0.480 e. The van der Waals surface area contributed by atoms with Crippen LogP contribution in [0.3, 0.4) is 0 Å². The molecule has 0 spiro atoms. The van der Waals surface area contributed by atoms with E-state index in [1.165, 1.54) is 6.92 Å². The van der Waals surface area contributed by atoms with Gasteiger partial charge < -0.3 is 20.6 Å². The molecule has 1 heterocycles. The van der Waals surface area contributed by atoms with Crippen LogP contribution >= 0.6 is 0 Å². The van der Waals surface area contributed by atoms with Crippen molar-refractivity contribution in [2.45, 2.75) is 57.0 Å². The number of carboxylic acid groups (broad SMARTS) is 1. The molecule has 1 saturated carbocycles. The monoisotopic (exact) mass is 297 g/mol. The van der Waals surface area contributed by atoms with Crippen LogP contribution in [0.15, 0.2) is 0 Å². The molecule has 0 aromatic rings. The molecule has 21 heavy (non-hydrogen) atoms. The van der Waals surface area contributed by atoms with E-state index in [4.69, 9.17) is 0 Å². The summed E-state index contributed by atoms with van der Waals surface area (Å²) in [6.45, 7) is 2.55. The van der Waals surface area contributed by atoms with Crippen molar-refractivity contribution in [2.75, 3.05) is 13.1 Å². The molecule has 1 aliphatic carbocycles. The van der Waals surface area contributed by atoms with Crippen LogP contribution in [0.2, 0.25) is 0 Å². The van der Waals surface area contributed by atoms with Crippen molar-refractivity contribution in [3.05, 3.63) is 0 Å². The highest BCUT2D eigenvalue weighted by molar-refractivity contribution is 5.86. The van der Waals surface area contributed by atoms with E-state index in [9.17, 15) is 19.5 Å². The van der Waals surface area contributed by atoms with Crippen LogP contribution in [-0.2, 0) is 9.59 Å². The summed E-state index contributed by atoms with van der Waals surface area (Å²) in [4.78, 5) is 36.3. The second-order valence-electron chi connectivity index (χ2n) is 5.99. The number of carboxylic acids is 1.